The maximum atomic E-state index is 9.83. The van der Waals surface area contributed by atoms with Gasteiger partial charge in [0.05, 0.1) is 31.1 Å². The van der Waals surface area contributed by atoms with Crippen molar-refractivity contribution in [3.63, 3.8) is 0 Å². The quantitative estimate of drug-likeness (QED) is 0.915. The van der Waals surface area contributed by atoms with Crippen LogP contribution in [0.3, 0.4) is 0 Å². The smallest absolute Gasteiger partial charge is 0.0864 e. The number of fused-ring (bicyclic) bond motifs is 3. The lowest BCUT2D eigenvalue weighted by atomic mass is 9.95. The fraction of sp³-hybridized carbons (Fsp3) is 0.278. The predicted octanol–water partition coefficient (Wildman–Crippen LogP) is 3.23. The topological polar surface area (TPSA) is 35.8 Å². The minimum absolute atomic E-state index is 0.205. The van der Waals surface area contributed by atoms with E-state index in [-0.39, 0.29) is 6.04 Å². The highest BCUT2D eigenvalue weighted by Gasteiger charge is 2.39. The number of hydrogen-bond donors (Lipinski definition) is 1. The van der Waals surface area contributed by atoms with Gasteiger partial charge in [-0.2, -0.15) is 0 Å². The first-order valence-corrected chi connectivity index (χ1v) is 7.40. The Balaban J connectivity index is 1.84. The molecule has 0 radical (unpaired) electrons. The molecule has 3 heteroatoms. The minimum Gasteiger partial charge on any atom is -0.389 e. The summed E-state index contributed by atoms with van der Waals surface area (Å²) in [6.07, 6.45) is 1.54. The Morgan fingerprint density at radius 1 is 1.14 bits per heavy atom. The van der Waals surface area contributed by atoms with E-state index in [1.165, 1.54) is 16.7 Å². The van der Waals surface area contributed by atoms with E-state index in [2.05, 4.69) is 46.3 Å². The van der Waals surface area contributed by atoms with Crippen LogP contribution in [-0.2, 0) is 0 Å². The zero-order valence-corrected chi connectivity index (χ0v) is 12.0. The lowest BCUT2D eigenvalue weighted by molar-refractivity contribution is 0.199. The zero-order valence-electron chi connectivity index (χ0n) is 12.0. The molecule has 0 aromatic heterocycles. The summed E-state index contributed by atoms with van der Waals surface area (Å²) >= 11 is 0. The minimum atomic E-state index is -0.440. The summed E-state index contributed by atoms with van der Waals surface area (Å²) in [6, 6.07) is 17.4. The lowest BCUT2D eigenvalue weighted by Crippen LogP contribution is -2.22. The maximum Gasteiger partial charge on any atom is 0.0864 e. The second-order valence-corrected chi connectivity index (χ2v) is 5.82. The van der Waals surface area contributed by atoms with E-state index in [9.17, 15) is 5.11 Å². The molecule has 2 aliphatic rings. The van der Waals surface area contributed by atoms with Crippen LogP contribution in [0.25, 0.3) is 0 Å². The van der Waals surface area contributed by atoms with Crippen LogP contribution in [0.2, 0.25) is 0 Å². The van der Waals surface area contributed by atoms with E-state index in [1.807, 2.05) is 25.4 Å². The van der Waals surface area contributed by atoms with Crippen molar-refractivity contribution in [1.82, 2.24) is 4.90 Å². The Hall–Kier alpha value is -2.13. The first-order valence-electron chi connectivity index (χ1n) is 7.40. The third-order valence-electron chi connectivity index (χ3n) is 4.51. The monoisotopic (exact) mass is 278 g/mol. The SMILES string of the molecule is CC(O)c1cccc(C2c3ccccc3C3CN=CN32)c1. The molecule has 3 unspecified atom stereocenters. The molecule has 2 heterocycles. The van der Waals surface area contributed by atoms with Crippen LogP contribution in [0.4, 0.5) is 0 Å². The summed E-state index contributed by atoms with van der Waals surface area (Å²) in [5, 5.41) is 9.83. The van der Waals surface area contributed by atoms with Crippen molar-refractivity contribution in [3.05, 3.63) is 70.8 Å². The van der Waals surface area contributed by atoms with Gasteiger partial charge in [-0.25, -0.2) is 0 Å². The molecule has 0 saturated carbocycles. The molecule has 21 heavy (non-hydrogen) atoms. The van der Waals surface area contributed by atoms with E-state index in [0.29, 0.717) is 6.04 Å². The van der Waals surface area contributed by atoms with Crippen LogP contribution in [0.1, 0.15) is 47.4 Å². The van der Waals surface area contributed by atoms with Crippen LogP contribution in [0.5, 0.6) is 0 Å². The van der Waals surface area contributed by atoms with Gasteiger partial charge in [0.1, 0.15) is 0 Å². The summed E-state index contributed by atoms with van der Waals surface area (Å²) in [5.41, 5.74) is 4.92. The van der Waals surface area contributed by atoms with E-state index >= 15 is 0 Å². The Labute approximate surface area is 124 Å². The fourth-order valence-corrected chi connectivity index (χ4v) is 3.49. The Morgan fingerprint density at radius 3 is 2.76 bits per heavy atom. The van der Waals surface area contributed by atoms with Crippen molar-refractivity contribution in [3.8, 4) is 0 Å². The Bertz CT molecular complexity index is 708. The average Bonchev–Trinajstić information content (AvgIpc) is 3.07. The molecule has 3 atom stereocenters. The van der Waals surface area contributed by atoms with Crippen LogP contribution in [-0.4, -0.2) is 22.9 Å². The Morgan fingerprint density at radius 2 is 1.95 bits per heavy atom. The van der Waals surface area contributed by atoms with E-state index in [4.69, 9.17) is 0 Å². The highest BCUT2D eigenvalue weighted by Crippen LogP contribution is 2.46. The molecule has 2 aliphatic heterocycles. The highest BCUT2D eigenvalue weighted by molar-refractivity contribution is 5.65. The van der Waals surface area contributed by atoms with Crippen molar-refractivity contribution >= 4 is 6.34 Å². The average molecular weight is 278 g/mol. The van der Waals surface area contributed by atoms with Crippen molar-refractivity contribution < 1.29 is 5.11 Å². The number of rotatable bonds is 2. The van der Waals surface area contributed by atoms with Gasteiger partial charge in [-0.1, -0.05) is 48.5 Å². The molecule has 0 bridgehead atoms. The second-order valence-electron chi connectivity index (χ2n) is 5.82. The molecule has 2 aromatic carbocycles. The number of nitrogens with zero attached hydrogens (tertiary/aromatic N) is 2. The standard InChI is InChI=1S/C18H18N2O/c1-12(21)13-5-4-6-14(9-13)18-16-8-3-2-7-15(16)17-10-19-11-20(17)18/h2-9,11-12,17-18,21H,10H2,1H3. The Kier molecular flexibility index (Phi) is 2.82. The summed E-state index contributed by atoms with van der Waals surface area (Å²) in [4.78, 5) is 6.79. The fourth-order valence-electron chi connectivity index (χ4n) is 3.49. The summed E-state index contributed by atoms with van der Waals surface area (Å²) < 4.78 is 0. The third-order valence-corrected chi connectivity index (χ3v) is 4.51. The van der Waals surface area contributed by atoms with Crippen LogP contribution < -0.4 is 0 Å². The third kappa shape index (κ3) is 1.88. The summed E-state index contributed by atoms with van der Waals surface area (Å²) in [5.74, 6) is 0. The predicted molar refractivity (Wildman–Crippen MR) is 83.3 cm³/mol. The molecule has 106 valence electrons. The van der Waals surface area contributed by atoms with Gasteiger partial charge in [-0.05, 0) is 29.2 Å². The number of benzene rings is 2. The molecular formula is C18H18N2O. The summed E-state index contributed by atoms with van der Waals surface area (Å²) in [6.45, 7) is 2.64. The number of aliphatic imine (C=N–C) groups is 1. The number of aliphatic hydroxyl groups is 1. The van der Waals surface area contributed by atoms with E-state index in [0.717, 1.165) is 12.1 Å². The van der Waals surface area contributed by atoms with Crippen LogP contribution in [0.15, 0.2) is 53.5 Å². The first-order chi connectivity index (χ1) is 10.3. The number of aliphatic hydroxyl groups excluding tert-OH is 1. The maximum absolute atomic E-state index is 9.83. The second kappa shape index (κ2) is 4.71. The van der Waals surface area contributed by atoms with Gasteiger partial charge in [-0.15, -0.1) is 0 Å². The van der Waals surface area contributed by atoms with E-state index in [1.54, 1.807) is 0 Å². The van der Waals surface area contributed by atoms with Gasteiger partial charge in [0, 0.05) is 0 Å². The molecule has 0 saturated heterocycles. The normalized spacial score (nSPS) is 24.0. The molecule has 4 rings (SSSR count). The van der Waals surface area contributed by atoms with Gasteiger partial charge in [-0.3, -0.25) is 4.99 Å². The molecule has 1 N–H and O–H groups in total. The van der Waals surface area contributed by atoms with Gasteiger partial charge in [0.2, 0.25) is 0 Å². The van der Waals surface area contributed by atoms with Crippen molar-refractivity contribution in [2.45, 2.75) is 25.1 Å². The van der Waals surface area contributed by atoms with Gasteiger partial charge < -0.3 is 10.0 Å². The molecule has 0 aliphatic carbocycles. The van der Waals surface area contributed by atoms with Gasteiger partial charge in [0.25, 0.3) is 0 Å². The van der Waals surface area contributed by atoms with E-state index < -0.39 is 6.10 Å². The largest absolute Gasteiger partial charge is 0.389 e. The van der Waals surface area contributed by atoms with Crippen molar-refractivity contribution in [1.29, 1.82) is 0 Å². The molecule has 2 aromatic rings. The molecule has 0 fully saturated rings. The van der Waals surface area contributed by atoms with Gasteiger partial charge in [0.15, 0.2) is 0 Å². The molecule has 0 amide bonds. The molecule has 3 nitrogen and oxygen atoms in total. The molecular weight excluding hydrogens is 260 g/mol. The highest BCUT2D eigenvalue weighted by atomic mass is 16.3. The lowest BCUT2D eigenvalue weighted by Gasteiger charge is -2.25. The first kappa shape index (κ1) is 12.6. The van der Waals surface area contributed by atoms with Gasteiger partial charge >= 0.3 is 0 Å². The van der Waals surface area contributed by atoms with Crippen molar-refractivity contribution in [2.75, 3.05) is 6.54 Å². The van der Waals surface area contributed by atoms with Crippen molar-refractivity contribution in [2.24, 2.45) is 4.99 Å². The van der Waals surface area contributed by atoms with Crippen LogP contribution in [0, 0.1) is 0 Å². The zero-order chi connectivity index (χ0) is 14.4. The number of hydrogen-bond acceptors (Lipinski definition) is 3. The molecule has 0 spiro atoms. The van der Waals surface area contributed by atoms with Crippen LogP contribution >= 0.6 is 0 Å². The summed E-state index contributed by atoms with van der Waals surface area (Å²) in [7, 11) is 0.